The van der Waals surface area contributed by atoms with Crippen molar-refractivity contribution in [2.24, 2.45) is 0 Å². The van der Waals surface area contributed by atoms with Gasteiger partial charge in [0.1, 0.15) is 6.04 Å². The fourth-order valence-corrected chi connectivity index (χ4v) is 3.59. The van der Waals surface area contributed by atoms with Crippen LogP contribution in [0.3, 0.4) is 0 Å². The summed E-state index contributed by atoms with van der Waals surface area (Å²) in [6, 6.07) is -0.417. The third kappa shape index (κ3) is 4.69. The quantitative estimate of drug-likeness (QED) is 0.640. The standard InChI is InChI=1S/C12H25N3O4S/c1-4-15(5-2)20(17,18)9-7-14-12(16)11-10(3)19-8-6-13-11/h10-11,13H,4-9H2,1-3H3,(H,14,16)/t10-,11+/m1/s1. The Bertz CT molecular complexity index is 409. The minimum atomic E-state index is -3.30. The van der Waals surface area contributed by atoms with Crippen molar-refractivity contribution in [3.63, 3.8) is 0 Å². The summed E-state index contributed by atoms with van der Waals surface area (Å²) < 4.78 is 30.7. The van der Waals surface area contributed by atoms with Gasteiger partial charge in [-0.1, -0.05) is 13.8 Å². The summed E-state index contributed by atoms with van der Waals surface area (Å²) in [5, 5.41) is 5.72. The molecule has 2 atom stereocenters. The molecule has 1 amide bonds. The molecular weight excluding hydrogens is 282 g/mol. The minimum absolute atomic E-state index is 0.0810. The van der Waals surface area contributed by atoms with Gasteiger partial charge < -0.3 is 15.4 Å². The molecule has 1 saturated heterocycles. The number of ether oxygens (including phenoxy) is 1. The molecule has 0 aromatic carbocycles. The van der Waals surface area contributed by atoms with E-state index in [9.17, 15) is 13.2 Å². The lowest BCUT2D eigenvalue weighted by atomic mass is 10.1. The summed E-state index contributed by atoms with van der Waals surface area (Å²) in [6.45, 7) is 7.63. The first kappa shape index (κ1) is 17.4. The van der Waals surface area contributed by atoms with Gasteiger partial charge in [-0.05, 0) is 6.92 Å². The Hall–Kier alpha value is -0.700. The number of morpholine rings is 1. The van der Waals surface area contributed by atoms with Gasteiger partial charge in [-0.25, -0.2) is 12.7 Å². The molecule has 0 unspecified atom stereocenters. The lowest BCUT2D eigenvalue weighted by Crippen LogP contribution is -2.56. The van der Waals surface area contributed by atoms with E-state index in [4.69, 9.17) is 4.74 Å². The van der Waals surface area contributed by atoms with Crippen molar-refractivity contribution in [1.29, 1.82) is 0 Å². The molecule has 1 heterocycles. The van der Waals surface area contributed by atoms with E-state index in [0.29, 0.717) is 26.2 Å². The zero-order valence-corrected chi connectivity index (χ0v) is 13.2. The topological polar surface area (TPSA) is 87.7 Å². The molecule has 0 aromatic heterocycles. The van der Waals surface area contributed by atoms with Crippen molar-refractivity contribution in [3.8, 4) is 0 Å². The Kier molecular flexibility index (Phi) is 6.87. The number of rotatable bonds is 7. The van der Waals surface area contributed by atoms with Crippen LogP contribution in [0, 0.1) is 0 Å². The van der Waals surface area contributed by atoms with Crippen molar-refractivity contribution >= 4 is 15.9 Å². The van der Waals surface area contributed by atoms with Crippen molar-refractivity contribution in [1.82, 2.24) is 14.9 Å². The molecular formula is C12H25N3O4S. The first-order valence-corrected chi connectivity index (χ1v) is 8.63. The molecule has 0 spiro atoms. The fourth-order valence-electron chi connectivity index (χ4n) is 2.19. The van der Waals surface area contributed by atoms with Crippen LogP contribution >= 0.6 is 0 Å². The molecule has 8 heteroatoms. The average Bonchev–Trinajstić information content (AvgIpc) is 2.39. The molecule has 2 N–H and O–H groups in total. The number of sulfonamides is 1. The molecule has 7 nitrogen and oxygen atoms in total. The SMILES string of the molecule is CCN(CC)S(=O)(=O)CCNC(=O)[C@H]1NCCO[C@@H]1C. The van der Waals surface area contributed by atoms with Crippen LogP contribution in [0.1, 0.15) is 20.8 Å². The van der Waals surface area contributed by atoms with Gasteiger partial charge in [0.25, 0.3) is 0 Å². The van der Waals surface area contributed by atoms with Gasteiger partial charge in [0.05, 0.1) is 18.5 Å². The zero-order valence-electron chi connectivity index (χ0n) is 12.4. The van der Waals surface area contributed by atoms with Gasteiger partial charge in [-0.2, -0.15) is 0 Å². The molecule has 1 rings (SSSR count). The molecule has 0 radical (unpaired) electrons. The third-order valence-corrected chi connectivity index (χ3v) is 5.38. The summed E-state index contributed by atoms with van der Waals surface area (Å²) in [5.41, 5.74) is 0. The summed E-state index contributed by atoms with van der Waals surface area (Å²) >= 11 is 0. The zero-order chi connectivity index (χ0) is 15.2. The number of hydrogen-bond acceptors (Lipinski definition) is 5. The monoisotopic (exact) mass is 307 g/mol. The molecule has 0 saturated carbocycles. The number of nitrogens with zero attached hydrogens (tertiary/aromatic N) is 1. The molecule has 0 aliphatic carbocycles. The van der Waals surface area contributed by atoms with E-state index >= 15 is 0 Å². The lowest BCUT2D eigenvalue weighted by Gasteiger charge is -2.29. The van der Waals surface area contributed by atoms with Gasteiger partial charge in [0.15, 0.2) is 0 Å². The fraction of sp³-hybridized carbons (Fsp3) is 0.917. The Morgan fingerprint density at radius 2 is 2.05 bits per heavy atom. The van der Waals surface area contributed by atoms with Crippen LogP contribution in [0.15, 0.2) is 0 Å². The van der Waals surface area contributed by atoms with Crippen LogP contribution in [0.5, 0.6) is 0 Å². The highest BCUT2D eigenvalue weighted by molar-refractivity contribution is 7.89. The molecule has 1 fully saturated rings. The van der Waals surface area contributed by atoms with Crippen molar-refractivity contribution in [2.45, 2.75) is 32.9 Å². The molecule has 118 valence electrons. The maximum Gasteiger partial charge on any atom is 0.239 e. The average molecular weight is 307 g/mol. The summed E-state index contributed by atoms with van der Waals surface area (Å²) in [4.78, 5) is 11.9. The highest BCUT2D eigenvalue weighted by Gasteiger charge is 2.28. The van der Waals surface area contributed by atoms with Crippen LogP contribution in [0.4, 0.5) is 0 Å². The maximum absolute atomic E-state index is 11.9. The molecule has 0 aromatic rings. The van der Waals surface area contributed by atoms with E-state index < -0.39 is 16.1 Å². The van der Waals surface area contributed by atoms with E-state index in [1.54, 1.807) is 13.8 Å². The van der Waals surface area contributed by atoms with Crippen LogP contribution in [0.25, 0.3) is 0 Å². The Morgan fingerprint density at radius 3 is 2.60 bits per heavy atom. The van der Waals surface area contributed by atoms with Crippen molar-refractivity contribution < 1.29 is 17.9 Å². The van der Waals surface area contributed by atoms with Crippen LogP contribution in [-0.4, -0.2) is 69.3 Å². The predicted molar refractivity (Wildman–Crippen MR) is 76.9 cm³/mol. The first-order valence-electron chi connectivity index (χ1n) is 7.02. The maximum atomic E-state index is 11.9. The first-order chi connectivity index (χ1) is 9.42. The Labute approximate surface area is 121 Å². The van der Waals surface area contributed by atoms with Gasteiger partial charge in [-0.15, -0.1) is 0 Å². The second-order valence-corrected chi connectivity index (χ2v) is 6.79. The van der Waals surface area contributed by atoms with E-state index in [1.165, 1.54) is 4.31 Å². The number of carbonyl (C=O) groups excluding carboxylic acids is 1. The number of amides is 1. The smallest absolute Gasteiger partial charge is 0.239 e. The van der Waals surface area contributed by atoms with Crippen LogP contribution in [-0.2, 0) is 19.6 Å². The second-order valence-electron chi connectivity index (χ2n) is 4.70. The van der Waals surface area contributed by atoms with Crippen molar-refractivity contribution in [3.05, 3.63) is 0 Å². The number of nitrogens with one attached hydrogen (secondary N) is 2. The van der Waals surface area contributed by atoms with E-state index in [1.807, 2.05) is 6.92 Å². The highest BCUT2D eigenvalue weighted by Crippen LogP contribution is 2.04. The van der Waals surface area contributed by atoms with Gasteiger partial charge in [-0.3, -0.25) is 4.79 Å². The molecule has 0 bridgehead atoms. The Balaban J connectivity index is 2.41. The molecule has 1 aliphatic rings. The third-order valence-electron chi connectivity index (χ3n) is 3.36. The van der Waals surface area contributed by atoms with Crippen molar-refractivity contribution in [2.75, 3.05) is 38.5 Å². The number of hydrogen-bond donors (Lipinski definition) is 2. The molecule has 1 aliphatic heterocycles. The van der Waals surface area contributed by atoms with E-state index in [-0.39, 0.29) is 24.3 Å². The summed E-state index contributed by atoms with van der Waals surface area (Å²) in [5.74, 6) is -0.297. The van der Waals surface area contributed by atoms with Gasteiger partial charge in [0.2, 0.25) is 15.9 Å². The van der Waals surface area contributed by atoms with E-state index in [2.05, 4.69) is 10.6 Å². The minimum Gasteiger partial charge on any atom is -0.375 e. The second kappa shape index (κ2) is 7.92. The van der Waals surface area contributed by atoms with E-state index in [0.717, 1.165) is 0 Å². The molecule has 20 heavy (non-hydrogen) atoms. The van der Waals surface area contributed by atoms with Crippen LogP contribution in [0.2, 0.25) is 0 Å². The van der Waals surface area contributed by atoms with Gasteiger partial charge in [0, 0.05) is 26.2 Å². The predicted octanol–water partition coefficient (Wildman–Crippen LogP) is -0.849. The largest absolute Gasteiger partial charge is 0.375 e. The Morgan fingerprint density at radius 1 is 1.40 bits per heavy atom. The summed E-state index contributed by atoms with van der Waals surface area (Å²) in [6.07, 6.45) is -0.205. The van der Waals surface area contributed by atoms with Gasteiger partial charge >= 0.3 is 0 Å². The van der Waals surface area contributed by atoms with Crippen LogP contribution < -0.4 is 10.6 Å². The lowest BCUT2D eigenvalue weighted by molar-refractivity contribution is -0.128. The highest BCUT2D eigenvalue weighted by atomic mass is 32.2. The summed E-state index contributed by atoms with van der Waals surface area (Å²) in [7, 11) is -3.30. The normalized spacial score (nSPS) is 23.8. The number of carbonyl (C=O) groups is 1.